The van der Waals surface area contributed by atoms with Crippen LogP contribution in [0.2, 0.25) is 15.1 Å². The topological polar surface area (TPSA) is 120 Å². The average Bonchev–Trinajstić information content (AvgIpc) is 3.70. The van der Waals surface area contributed by atoms with E-state index in [1.54, 1.807) is 12.1 Å². The van der Waals surface area contributed by atoms with Gasteiger partial charge in [0, 0.05) is 32.3 Å². The minimum Gasteiger partial charge on any atom is -0.452 e. The first kappa shape index (κ1) is 38.3. The lowest BCUT2D eigenvalue weighted by atomic mass is 10.0. The number of carbonyl (C=O) groups excluding carboxylic acids is 4. The lowest BCUT2D eigenvalue weighted by Gasteiger charge is -2.49. The molecule has 7 rings (SSSR count). The molecule has 1 N–H and O–H groups in total. The minimum atomic E-state index is -1.14. The standard InChI is InChI=1S/C40H29Cl3N2O8S2/c41-26-13-15-30(29(43)18-26)51-31-16-14-27(42)19-32(31)52-40(49)50-21-25-22-55-38-34(44-33(46)20-28-12-7-17-54-28)37(47)45(38)35(25)39(48)53-36(23-8-3-1-4-9-23)24-10-5-2-6-11-24/h1-19,34,36,38H,20-22H2,(H,44,46)/t34-,38-/m1/s1. The minimum absolute atomic E-state index is 0.0668. The summed E-state index contributed by atoms with van der Waals surface area (Å²) in [6, 6.07) is 30.2. The summed E-state index contributed by atoms with van der Waals surface area (Å²) in [6.07, 6.45) is -1.84. The summed E-state index contributed by atoms with van der Waals surface area (Å²) in [6.45, 7) is -0.427. The average molecular weight is 836 g/mol. The van der Waals surface area contributed by atoms with Gasteiger partial charge in [0.2, 0.25) is 5.91 Å². The number of rotatable bonds is 12. The lowest BCUT2D eigenvalue weighted by molar-refractivity contribution is -0.154. The molecule has 3 heterocycles. The fourth-order valence-electron chi connectivity index (χ4n) is 5.91. The van der Waals surface area contributed by atoms with Crippen LogP contribution in [0.1, 0.15) is 22.1 Å². The number of fused-ring (bicyclic) bond motifs is 1. The Morgan fingerprint density at radius 3 is 2.15 bits per heavy atom. The van der Waals surface area contributed by atoms with Gasteiger partial charge in [-0.2, -0.15) is 0 Å². The first-order valence-corrected chi connectivity index (χ1v) is 19.8. The summed E-state index contributed by atoms with van der Waals surface area (Å²) in [4.78, 5) is 56.2. The third-order valence-electron chi connectivity index (χ3n) is 8.48. The molecule has 2 aliphatic rings. The molecule has 15 heteroatoms. The highest BCUT2D eigenvalue weighted by atomic mass is 35.5. The number of halogens is 3. The maximum Gasteiger partial charge on any atom is 0.514 e. The van der Waals surface area contributed by atoms with Crippen LogP contribution in [0.4, 0.5) is 4.79 Å². The van der Waals surface area contributed by atoms with Crippen molar-refractivity contribution in [2.45, 2.75) is 23.9 Å². The van der Waals surface area contributed by atoms with E-state index < -0.39 is 42.2 Å². The van der Waals surface area contributed by atoms with Crippen molar-refractivity contribution in [3.05, 3.63) is 157 Å². The maximum atomic E-state index is 14.3. The smallest absolute Gasteiger partial charge is 0.452 e. The van der Waals surface area contributed by atoms with Gasteiger partial charge < -0.3 is 24.3 Å². The SMILES string of the molecule is O=C(Cc1cccs1)N[C@@H]1C(=O)N2C(C(=O)OC(c3ccccc3)c3ccccc3)=C(COC(=O)Oc3cc(Cl)ccc3Oc3ccc(Cl)cc3Cl)CS[C@H]12. The van der Waals surface area contributed by atoms with Crippen molar-refractivity contribution in [3.63, 3.8) is 0 Å². The zero-order chi connectivity index (χ0) is 38.5. The number of β-lactam (4-membered cyclic amide) rings is 1. The summed E-state index contributed by atoms with van der Waals surface area (Å²) in [5.41, 5.74) is 1.64. The Kier molecular flexibility index (Phi) is 12.0. The lowest BCUT2D eigenvalue weighted by Crippen LogP contribution is -2.70. The van der Waals surface area contributed by atoms with Crippen LogP contribution in [0.5, 0.6) is 17.2 Å². The summed E-state index contributed by atoms with van der Waals surface area (Å²) >= 11 is 21.3. The number of amides is 2. The number of esters is 1. The Morgan fingerprint density at radius 1 is 0.818 bits per heavy atom. The van der Waals surface area contributed by atoms with Crippen LogP contribution in [-0.4, -0.2) is 52.6 Å². The number of nitrogens with one attached hydrogen (secondary N) is 1. The number of nitrogens with zero attached hydrogens (tertiary/aromatic N) is 1. The van der Waals surface area contributed by atoms with Gasteiger partial charge in [-0.25, -0.2) is 9.59 Å². The van der Waals surface area contributed by atoms with E-state index in [1.807, 2.05) is 78.2 Å². The molecule has 2 atom stereocenters. The highest BCUT2D eigenvalue weighted by Gasteiger charge is 2.54. The number of benzene rings is 4. The predicted octanol–water partition coefficient (Wildman–Crippen LogP) is 9.25. The fourth-order valence-corrected chi connectivity index (χ4v) is 8.55. The molecule has 0 bridgehead atoms. The van der Waals surface area contributed by atoms with Gasteiger partial charge in [-0.3, -0.25) is 14.5 Å². The van der Waals surface area contributed by atoms with Crippen LogP contribution in [0, 0.1) is 0 Å². The number of ether oxygens (including phenoxy) is 4. The van der Waals surface area contributed by atoms with Gasteiger partial charge in [-0.15, -0.1) is 23.1 Å². The normalized spacial score (nSPS) is 16.2. The Bertz CT molecular complexity index is 2220. The van der Waals surface area contributed by atoms with E-state index in [9.17, 15) is 19.2 Å². The molecule has 1 fully saturated rings. The molecule has 1 saturated heterocycles. The van der Waals surface area contributed by atoms with Crippen LogP contribution in [0.3, 0.4) is 0 Å². The van der Waals surface area contributed by atoms with E-state index >= 15 is 0 Å². The fraction of sp³-hybridized carbons (Fsp3) is 0.150. The molecule has 2 aliphatic heterocycles. The Labute approximate surface area is 338 Å². The molecule has 2 amide bonds. The Balaban J connectivity index is 1.13. The molecule has 280 valence electrons. The van der Waals surface area contributed by atoms with Gasteiger partial charge in [0.1, 0.15) is 29.5 Å². The van der Waals surface area contributed by atoms with Gasteiger partial charge in [-0.05, 0) is 52.9 Å². The first-order valence-electron chi connectivity index (χ1n) is 16.7. The molecular weight excluding hydrogens is 807 g/mol. The van der Waals surface area contributed by atoms with Gasteiger partial charge in [-0.1, -0.05) is 102 Å². The van der Waals surface area contributed by atoms with E-state index in [-0.39, 0.29) is 51.1 Å². The molecule has 5 aromatic rings. The summed E-state index contributed by atoms with van der Waals surface area (Å²) in [5.74, 6) is -1.16. The van der Waals surface area contributed by atoms with Crippen molar-refractivity contribution in [3.8, 4) is 17.2 Å². The van der Waals surface area contributed by atoms with Crippen molar-refractivity contribution in [1.29, 1.82) is 0 Å². The maximum absolute atomic E-state index is 14.3. The predicted molar refractivity (Wildman–Crippen MR) is 211 cm³/mol. The van der Waals surface area contributed by atoms with Crippen molar-refractivity contribution in [1.82, 2.24) is 10.2 Å². The van der Waals surface area contributed by atoms with E-state index in [1.165, 1.54) is 52.3 Å². The van der Waals surface area contributed by atoms with E-state index in [0.29, 0.717) is 21.7 Å². The number of thioether (sulfide) groups is 1. The summed E-state index contributed by atoms with van der Waals surface area (Å²) in [5, 5.41) is 4.97. The van der Waals surface area contributed by atoms with Crippen molar-refractivity contribution < 1.29 is 38.1 Å². The molecule has 55 heavy (non-hydrogen) atoms. The molecule has 0 spiro atoms. The molecule has 0 saturated carbocycles. The molecule has 10 nitrogen and oxygen atoms in total. The van der Waals surface area contributed by atoms with Gasteiger partial charge in [0.05, 0.1) is 11.4 Å². The second kappa shape index (κ2) is 17.2. The Morgan fingerprint density at radius 2 is 1.49 bits per heavy atom. The third-order valence-corrected chi connectivity index (χ3v) is 11.5. The summed E-state index contributed by atoms with van der Waals surface area (Å²) in [7, 11) is 0. The second-order valence-corrected chi connectivity index (χ2v) is 15.6. The number of hydrogen-bond acceptors (Lipinski definition) is 10. The van der Waals surface area contributed by atoms with Crippen molar-refractivity contribution in [2.75, 3.05) is 12.4 Å². The van der Waals surface area contributed by atoms with E-state index in [2.05, 4.69) is 5.32 Å². The largest absolute Gasteiger partial charge is 0.514 e. The van der Waals surface area contributed by atoms with Crippen LogP contribution >= 0.6 is 57.9 Å². The number of thiophene rings is 1. The van der Waals surface area contributed by atoms with E-state index in [4.69, 9.17) is 53.8 Å². The quantitative estimate of drug-likeness (QED) is 0.0745. The van der Waals surface area contributed by atoms with Crippen LogP contribution < -0.4 is 14.8 Å². The third kappa shape index (κ3) is 8.95. The summed E-state index contributed by atoms with van der Waals surface area (Å²) < 4.78 is 23.1. The second-order valence-electron chi connectivity index (χ2n) is 12.2. The highest BCUT2D eigenvalue weighted by Crippen LogP contribution is 2.42. The van der Waals surface area contributed by atoms with Gasteiger partial charge in [0.15, 0.2) is 17.6 Å². The number of hydrogen-bond donors (Lipinski definition) is 1. The van der Waals surface area contributed by atoms with Crippen LogP contribution in [0.25, 0.3) is 0 Å². The molecule has 4 aromatic carbocycles. The molecule has 1 aromatic heterocycles. The highest BCUT2D eigenvalue weighted by molar-refractivity contribution is 8.00. The number of carbonyl (C=O) groups is 4. The zero-order valence-corrected chi connectivity index (χ0v) is 32.4. The monoisotopic (exact) mass is 834 g/mol. The van der Waals surface area contributed by atoms with E-state index in [0.717, 1.165) is 4.88 Å². The zero-order valence-electron chi connectivity index (χ0n) is 28.5. The van der Waals surface area contributed by atoms with Gasteiger partial charge in [0.25, 0.3) is 5.91 Å². The molecule has 0 aliphatic carbocycles. The van der Waals surface area contributed by atoms with Crippen molar-refractivity contribution in [2.24, 2.45) is 0 Å². The van der Waals surface area contributed by atoms with Gasteiger partial charge >= 0.3 is 12.1 Å². The van der Waals surface area contributed by atoms with Crippen LogP contribution in [-0.2, 0) is 30.3 Å². The molecule has 0 unspecified atom stereocenters. The first-order chi connectivity index (χ1) is 26.6. The molecular formula is C40H29Cl3N2O8S2. The molecule has 0 radical (unpaired) electrons. The van der Waals surface area contributed by atoms with Crippen LogP contribution in [0.15, 0.2) is 126 Å². The van der Waals surface area contributed by atoms with Crippen molar-refractivity contribution >= 4 is 81.8 Å². The Hall–Kier alpha value is -4.98.